The number of hydrogen-bond donors (Lipinski definition) is 1. The molecule has 132 valence electrons. The average molecular weight is 332 g/mol. The largest absolute Gasteiger partial charge is 0.497 e. The van der Waals surface area contributed by atoms with Crippen molar-refractivity contribution in [2.24, 2.45) is 11.3 Å². The number of carbonyl (C=O) groups excluding carboxylic acids is 1. The van der Waals surface area contributed by atoms with E-state index in [0.29, 0.717) is 12.3 Å². The second-order valence-corrected chi connectivity index (χ2v) is 7.06. The van der Waals surface area contributed by atoms with Crippen LogP contribution in [0, 0.1) is 11.3 Å². The second kappa shape index (κ2) is 7.53. The first-order chi connectivity index (χ1) is 11.7. The van der Waals surface area contributed by atoms with Crippen LogP contribution in [0.15, 0.2) is 24.3 Å². The summed E-state index contributed by atoms with van der Waals surface area (Å²) < 4.78 is 10.6. The van der Waals surface area contributed by atoms with Crippen molar-refractivity contribution in [2.45, 2.75) is 19.3 Å². The molecule has 0 aromatic heterocycles. The smallest absolute Gasteiger partial charge is 0.227 e. The third kappa shape index (κ3) is 3.57. The Kier molecular flexibility index (Phi) is 5.41. The van der Waals surface area contributed by atoms with Crippen LogP contribution in [0.1, 0.15) is 18.4 Å². The molecule has 2 aliphatic rings. The molecule has 1 aromatic carbocycles. The van der Waals surface area contributed by atoms with Gasteiger partial charge in [-0.25, -0.2) is 0 Å². The Bertz CT molecular complexity index is 552. The highest BCUT2D eigenvalue weighted by Crippen LogP contribution is 2.43. The molecule has 1 amide bonds. The maximum atomic E-state index is 12.8. The van der Waals surface area contributed by atoms with Gasteiger partial charge in [-0.05, 0) is 49.0 Å². The summed E-state index contributed by atoms with van der Waals surface area (Å²) in [5.74, 6) is 1.49. The Morgan fingerprint density at radius 2 is 1.96 bits per heavy atom. The number of nitrogens with one attached hydrogen (secondary N) is 1. The zero-order chi connectivity index (χ0) is 17.0. The lowest BCUT2D eigenvalue weighted by Gasteiger charge is -2.38. The number of amides is 1. The van der Waals surface area contributed by atoms with Gasteiger partial charge in [0.15, 0.2) is 0 Å². The van der Waals surface area contributed by atoms with E-state index in [1.807, 2.05) is 24.3 Å². The summed E-state index contributed by atoms with van der Waals surface area (Å²) in [6.07, 6.45) is 2.72. The quantitative estimate of drug-likeness (QED) is 0.892. The fraction of sp³-hybridized carbons (Fsp3) is 0.632. The minimum Gasteiger partial charge on any atom is -0.497 e. The first kappa shape index (κ1) is 17.2. The lowest BCUT2D eigenvalue weighted by atomic mass is 9.71. The Hall–Kier alpha value is -1.59. The van der Waals surface area contributed by atoms with E-state index in [1.165, 1.54) is 0 Å². The molecule has 5 nitrogen and oxygen atoms in total. The summed E-state index contributed by atoms with van der Waals surface area (Å²) in [5, 5.41) is 3.44. The molecule has 1 N–H and O–H groups in total. The van der Waals surface area contributed by atoms with Crippen molar-refractivity contribution >= 4 is 5.91 Å². The van der Waals surface area contributed by atoms with Gasteiger partial charge in [0.05, 0.1) is 20.1 Å². The lowest BCUT2D eigenvalue weighted by molar-refractivity contribution is -0.130. The van der Waals surface area contributed by atoms with Gasteiger partial charge in [-0.2, -0.15) is 0 Å². The first-order valence-corrected chi connectivity index (χ1v) is 8.77. The van der Waals surface area contributed by atoms with Gasteiger partial charge in [-0.3, -0.25) is 4.79 Å². The minimum absolute atomic E-state index is 0.219. The van der Waals surface area contributed by atoms with E-state index in [9.17, 15) is 4.79 Å². The molecule has 0 bridgehead atoms. The average Bonchev–Trinajstić information content (AvgIpc) is 2.95. The summed E-state index contributed by atoms with van der Waals surface area (Å²) in [4.78, 5) is 14.8. The number of piperidine rings is 1. The summed E-state index contributed by atoms with van der Waals surface area (Å²) in [5.41, 5.74) is 1.27. The van der Waals surface area contributed by atoms with E-state index in [4.69, 9.17) is 9.47 Å². The number of methoxy groups -OCH3 is 2. The van der Waals surface area contributed by atoms with Crippen molar-refractivity contribution in [1.29, 1.82) is 0 Å². The highest BCUT2D eigenvalue weighted by Gasteiger charge is 2.47. The number of nitrogens with zero attached hydrogens (tertiary/aromatic N) is 1. The SMILES string of the molecule is COCC1CN(C(=O)Cc2ccc(OC)cc2)CC12CCNCC2. The zero-order valence-corrected chi connectivity index (χ0v) is 14.7. The van der Waals surface area contributed by atoms with E-state index in [2.05, 4.69) is 10.2 Å². The van der Waals surface area contributed by atoms with Crippen LogP contribution >= 0.6 is 0 Å². The van der Waals surface area contributed by atoms with Gasteiger partial charge in [-0.1, -0.05) is 12.1 Å². The predicted molar refractivity (Wildman–Crippen MR) is 93.2 cm³/mol. The number of rotatable bonds is 5. The molecule has 5 heteroatoms. The first-order valence-electron chi connectivity index (χ1n) is 8.77. The van der Waals surface area contributed by atoms with E-state index >= 15 is 0 Å². The third-order valence-corrected chi connectivity index (χ3v) is 5.65. The van der Waals surface area contributed by atoms with Crippen molar-refractivity contribution < 1.29 is 14.3 Å². The summed E-state index contributed by atoms with van der Waals surface area (Å²) in [6.45, 7) is 4.52. The van der Waals surface area contributed by atoms with Crippen molar-refractivity contribution in [2.75, 3.05) is 47.0 Å². The molecule has 24 heavy (non-hydrogen) atoms. The molecular formula is C19H28N2O3. The molecule has 0 radical (unpaired) electrons. The van der Waals surface area contributed by atoms with Crippen LogP contribution in [0.4, 0.5) is 0 Å². The van der Waals surface area contributed by atoms with E-state index in [0.717, 1.165) is 56.9 Å². The molecule has 0 aliphatic carbocycles. The zero-order valence-electron chi connectivity index (χ0n) is 14.7. The minimum atomic E-state index is 0.219. The number of likely N-dealkylation sites (tertiary alicyclic amines) is 1. The highest BCUT2D eigenvalue weighted by molar-refractivity contribution is 5.79. The number of hydrogen-bond acceptors (Lipinski definition) is 4. The van der Waals surface area contributed by atoms with Crippen LogP contribution in [0.2, 0.25) is 0 Å². The maximum absolute atomic E-state index is 12.8. The second-order valence-electron chi connectivity index (χ2n) is 7.06. The van der Waals surface area contributed by atoms with Crippen molar-refractivity contribution in [3.8, 4) is 5.75 Å². The van der Waals surface area contributed by atoms with Crippen LogP contribution in [0.5, 0.6) is 5.75 Å². The van der Waals surface area contributed by atoms with Gasteiger partial charge < -0.3 is 19.7 Å². The van der Waals surface area contributed by atoms with Crippen LogP contribution in [0.3, 0.4) is 0 Å². The van der Waals surface area contributed by atoms with Gasteiger partial charge in [0.1, 0.15) is 5.75 Å². The molecule has 2 saturated heterocycles. The van der Waals surface area contributed by atoms with Crippen molar-refractivity contribution in [3.63, 3.8) is 0 Å². The molecule has 2 aliphatic heterocycles. The van der Waals surface area contributed by atoms with Crippen LogP contribution in [-0.4, -0.2) is 57.8 Å². The monoisotopic (exact) mass is 332 g/mol. The topological polar surface area (TPSA) is 50.8 Å². The molecular weight excluding hydrogens is 304 g/mol. The van der Waals surface area contributed by atoms with Gasteiger partial charge >= 0.3 is 0 Å². The van der Waals surface area contributed by atoms with Crippen LogP contribution < -0.4 is 10.1 Å². The van der Waals surface area contributed by atoms with Gasteiger partial charge in [0, 0.05) is 26.1 Å². The lowest BCUT2D eigenvalue weighted by Crippen LogP contribution is -2.43. The molecule has 1 spiro atoms. The fourth-order valence-corrected chi connectivity index (χ4v) is 4.17. The predicted octanol–water partition coefficient (Wildman–Crippen LogP) is 1.71. The Morgan fingerprint density at radius 1 is 1.25 bits per heavy atom. The molecule has 1 aromatic rings. The van der Waals surface area contributed by atoms with Crippen LogP contribution in [-0.2, 0) is 16.0 Å². The number of ether oxygens (including phenoxy) is 2. The van der Waals surface area contributed by atoms with Gasteiger partial charge in [-0.15, -0.1) is 0 Å². The normalized spacial score (nSPS) is 22.8. The third-order valence-electron chi connectivity index (χ3n) is 5.65. The molecule has 1 atom stereocenters. The highest BCUT2D eigenvalue weighted by atomic mass is 16.5. The van der Waals surface area contributed by atoms with Crippen molar-refractivity contribution in [1.82, 2.24) is 10.2 Å². The Balaban J connectivity index is 1.66. The summed E-state index contributed by atoms with van der Waals surface area (Å²) in [6, 6.07) is 7.77. The van der Waals surface area contributed by atoms with Gasteiger partial charge in [0.25, 0.3) is 0 Å². The molecule has 0 saturated carbocycles. The number of carbonyl (C=O) groups is 1. The van der Waals surface area contributed by atoms with E-state index < -0.39 is 0 Å². The number of benzene rings is 1. The molecule has 2 fully saturated rings. The van der Waals surface area contributed by atoms with Crippen molar-refractivity contribution in [3.05, 3.63) is 29.8 Å². The van der Waals surface area contributed by atoms with Gasteiger partial charge in [0.2, 0.25) is 5.91 Å². The summed E-state index contributed by atoms with van der Waals surface area (Å²) in [7, 11) is 3.41. The standard InChI is InChI=1S/C19H28N2O3/c1-23-13-16-12-21(14-19(16)7-9-20-10-8-19)18(22)11-15-3-5-17(24-2)6-4-15/h3-6,16,20H,7-14H2,1-2H3. The Labute approximate surface area is 144 Å². The van der Waals surface area contributed by atoms with Crippen LogP contribution in [0.25, 0.3) is 0 Å². The molecule has 1 unspecified atom stereocenters. The molecule has 3 rings (SSSR count). The summed E-state index contributed by atoms with van der Waals surface area (Å²) >= 11 is 0. The Morgan fingerprint density at radius 3 is 2.58 bits per heavy atom. The molecule has 2 heterocycles. The van der Waals surface area contributed by atoms with E-state index in [1.54, 1.807) is 14.2 Å². The van der Waals surface area contributed by atoms with E-state index in [-0.39, 0.29) is 11.3 Å². The maximum Gasteiger partial charge on any atom is 0.227 e. The fourth-order valence-electron chi connectivity index (χ4n) is 4.17.